The van der Waals surface area contributed by atoms with Gasteiger partial charge in [0.1, 0.15) is 12.1 Å². The zero-order valence-corrected chi connectivity index (χ0v) is 17.7. The first-order chi connectivity index (χ1) is 15.7. The van der Waals surface area contributed by atoms with Gasteiger partial charge in [0, 0.05) is 43.3 Å². The van der Waals surface area contributed by atoms with Crippen molar-refractivity contribution in [1.29, 1.82) is 0 Å². The van der Waals surface area contributed by atoms with Gasteiger partial charge in [0.15, 0.2) is 0 Å². The van der Waals surface area contributed by atoms with Crippen molar-refractivity contribution in [2.45, 2.75) is 32.4 Å². The summed E-state index contributed by atoms with van der Waals surface area (Å²) in [5.74, 6) is 1.87. The number of aromatic nitrogens is 5. The lowest BCUT2D eigenvalue weighted by molar-refractivity contribution is -0.114. The van der Waals surface area contributed by atoms with Crippen LogP contribution in [0.2, 0.25) is 0 Å². The number of nitrogens with zero attached hydrogens (tertiary/aromatic N) is 6. The van der Waals surface area contributed by atoms with Crippen molar-refractivity contribution in [1.82, 2.24) is 29.6 Å². The van der Waals surface area contributed by atoms with Gasteiger partial charge in [0.25, 0.3) is 0 Å². The molecule has 1 atom stereocenters. The first-order valence-corrected chi connectivity index (χ1v) is 10.5. The molecule has 1 aromatic carbocycles. The average Bonchev–Trinajstić information content (AvgIpc) is 3.57. The number of carbonyl (C=O) groups is 1. The van der Waals surface area contributed by atoms with Crippen LogP contribution in [0.25, 0.3) is 17.2 Å². The van der Waals surface area contributed by atoms with Crippen molar-refractivity contribution >= 4 is 11.6 Å². The quantitative estimate of drug-likeness (QED) is 0.499. The van der Waals surface area contributed by atoms with E-state index < -0.39 is 0 Å². The predicted molar refractivity (Wildman–Crippen MR) is 118 cm³/mol. The van der Waals surface area contributed by atoms with Crippen LogP contribution in [0, 0.1) is 0 Å². The van der Waals surface area contributed by atoms with Gasteiger partial charge in [-0.1, -0.05) is 17.3 Å². The number of hydrogen-bond donors (Lipinski definition) is 1. The Balaban J connectivity index is 1.28. The summed E-state index contributed by atoms with van der Waals surface area (Å²) >= 11 is 0. The number of imidazole rings is 1. The molecule has 1 aliphatic rings. The Kier molecular flexibility index (Phi) is 5.47. The zero-order valence-electron chi connectivity index (χ0n) is 17.7. The molecule has 0 unspecified atom stereocenters. The molecule has 1 aliphatic heterocycles. The van der Waals surface area contributed by atoms with Crippen LogP contribution in [0.15, 0.2) is 65.8 Å². The van der Waals surface area contributed by atoms with E-state index in [0.29, 0.717) is 11.7 Å². The van der Waals surface area contributed by atoms with E-state index in [1.54, 1.807) is 18.7 Å². The molecule has 3 aromatic heterocycles. The minimum absolute atomic E-state index is 0.0730. The maximum absolute atomic E-state index is 11.2. The van der Waals surface area contributed by atoms with Crippen LogP contribution < -0.4 is 5.32 Å². The molecule has 1 N–H and O–H groups in total. The van der Waals surface area contributed by atoms with Gasteiger partial charge in [0.2, 0.25) is 17.6 Å². The van der Waals surface area contributed by atoms with Crippen molar-refractivity contribution < 1.29 is 9.32 Å². The molecule has 0 saturated carbocycles. The lowest BCUT2D eigenvalue weighted by Gasteiger charge is -2.21. The van der Waals surface area contributed by atoms with Gasteiger partial charge in [0.05, 0.1) is 6.04 Å². The second-order valence-corrected chi connectivity index (χ2v) is 7.84. The van der Waals surface area contributed by atoms with E-state index in [9.17, 15) is 4.79 Å². The third kappa shape index (κ3) is 4.28. The summed E-state index contributed by atoms with van der Waals surface area (Å²) in [6, 6.07) is 11.8. The standard InChI is InChI=1S/C23H23N7O2/c1-16(31)26-19-7-4-17(5-8-19)14-29-11-2-3-20(29)23-27-22(28-32-23)18-6-9-21(25-13-18)30-12-10-24-15-30/h4-10,12-13,15,20H,2-3,11,14H2,1H3,(H,26,31)/t20-/m0/s1. The Bertz CT molecular complexity index is 1180. The fraction of sp³-hybridized carbons (Fsp3) is 0.261. The molecule has 9 heteroatoms. The summed E-state index contributed by atoms with van der Waals surface area (Å²) in [7, 11) is 0. The minimum Gasteiger partial charge on any atom is -0.337 e. The highest BCUT2D eigenvalue weighted by atomic mass is 16.5. The maximum atomic E-state index is 11.2. The van der Waals surface area contributed by atoms with Crippen LogP contribution in [0.1, 0.15) is 37.3 Å². The number of anilines is 1. The molecular formula is C23H23N7O2. The van der Waals surface area contributed by atoms with E-state index in [4.69, 9.17) is 4.52 Å². The van der Waals surface area contributed by atoms with E-state index in [1.165, 1.54) is 12.5 Å². The first-order valence-electron chi connectivity index (χ1n) is 10.5. The van der Waals surface area contributed by atoms with E-state index in [1.807, 2.05) is 47.2 Å². The molecule has 1 amide bonds. The summed E-state index contributed by atoms with van der Waals surface area (Å²) in [5, 5.41) is 6.99. The number of hydrogen-bond acceptors (Lipinski definition) is 7. The van der Waals surface area contributed by atoms with Crippen LogP contribution in [0.3, 0.4) is 0 Å². The van der Waals surface area contributed by atoms with E-state index in [0.717, 1.165) is 43.0 Å². The van der Waals surface area contributed by atoms with Gasteiger partial charge in [-0.05, 0) is 49.2 Å². The SMILES string of the molecule is CC(=O)Nc1ccc(CN2CCC[C@H]2c2nc(-c3ccc(-n4ccnc4)nc3)no2)cc1. The molecule has 0 bridgehead atoms. The molecule has 5 rings (SSSR count). The van der Waals surface area contributed by atoms with Gasteiger partial charge in [-0.15, -0.1) is 0 Å². The minimum atomic E-state index is -0.0730. The zero-order chi connectivity index (χ0) is 21.9. The topological polar surface area (TPSA) is 102 Å². The van der Waals surface area contributed by atoms with E-state index in [2.05, 4.69) is 30.3 Å². The lowest BCUT2D eigenvalue weighted by Crippen LogP contribution is -2.23. The molecule has 4 heterocycles. The second-order valence-electron chi connectivity index (χ2n) is 7.84. The lowest BCUT2D eigenvalue weighted by atomic mass is 10.1. The highest BCUT2D eigenvalue weighted by Crippen LogP contribution is 2.33. The van der Waals surface area contributed by atoms with Crippen molar-refractivity contribution in [2.24, 2.45) is 0 Å². The summed E-state index contributed by atoms with van der Waals surface area (Å²) in [6.07, 6.45) is 9.06. The third-order valence-corrected chi connectivity index (χ3v) is 5.53. The number of carbonyl (C=O) groups excluding carboxylic acids is 1. The maximum Gasteiger partial charge on any atom is 0.244 e. The van der Waals surface area contributed by atoms with Crippen LogP contribution in [-0.2, 0) is 11.3 Å². The highest BCUT2D eigenvalue weighted by molar-refractivity contribution is 5.88. The predicted octanol–water partition coefficient (Wildman–Crippen LogP) is 3.61. The number of benzene rings is 1. The first kappa shape index (κ1) is 20.1. The summed E-state index contributed by atoms with van der Waals surface area (Å²) < 4.78 is 7.48. The van der Waals surface area contributed by atoms with Crippen molar-refractivity contribution in [3.8, 4) is 17.2 Å². The Morgan fingerprint density at radius 3 is 2.81 bits per heavy atom. The molecular weight excluding hydrogens is 406 g/mol. The van der Waals surface area contributed by atoms with E-state index in [-0.39, 0.29) is 11.9 Å². The van der Waals surface area contributed by atoms with Crippen molar-refractivity contribution in [2.75, 3.05) is 11.9 Å². The van der Waals surface area contributed by atoms with Crippen LogP contribution in [-0.4, -0.2) is 42.0 Å². The monoisotopic (exact) mass is 429 g/mol. The second kappa shape index (κ2) is 8.72. The van der Waals surface area contributed by atoms with Gasteiger partial charge in [-0.25, -0.2) is 9.97 Å². The van der Waals surface area contributed by atoms with Crippen molar-refractivity contribution in [3.63, 3.8) is 0 Å². The van der Waals surface area contributed by atoms with E-state index >= 15 is 0 Å². The normalized spacial score (nSPS) is 16.3. The fourth-order valence-electron chi connectivity index (χ4n) is 3.98. The van der Waals surface area contributed by atoms with Gasteiger partial charge in [-0.3, -0.25) is 14.3 Å². The third-order valence-electron chi connectivity index (χ3n) is 5.53. The molecule has 0 radical (unpaired) electrons. The Labute approximate surface area is 185 Å². The molecule has 1 saturated heterocycles. The average molecular weight is 429 g/mol. The molecule has 4 aromatic rings. The molecule has 1 fully saturated rings. The molecule has 9 nitrogen and oxygen atoms in total. The van der Waals surface area contributed by atoms with Crippen LogP contribution in [0.4, 0.5) is 5.69 Å². The summed E-state index contributed by atoms with van der Waals surface area (Å²) in [6.45, 7) is 3.26. The highest BCUT2D eigenvalue weighted by Gasteiger charge is 2.30. The Morgan fingerprint density at radius 1 is 1.22 bits per heavy atom. The number of pyridine rings is 1. The molecule has 0 aliphatic carbocycles. The number of rotatable bonds is 6. The molecule has 32 heavy (non-hydrogen) atoms. The number of nitrogens with one attached hydrogen (secondary N) is 1. The van der Waals surface area contributed by atoms with Crippen LogP contribution >= 0.6 is 0 Å². The van der Waals surface area contributed by atoms with Gasteiger partial charge < -0.3 is 9.84 Å². The number of amides is 1. The Hall–Kier alpha value is -3.85. The van der Waals surface area contributed by atoms with Crippen LogP contribution in [0.5, 0.6) is 0 Å². The fourth-order valence-corrected chi connectivity index (χ4v) is 3.98. The summed E-state index contributed by atoms with van der Waals surface area (Å²) in [4.78, 5) is 26.7. The Morgan fingerprint density at radius 2 is 2.09 bits per heavy atom. The van der Waals surface area contributed by atoms with Gasteiger partial charge in [-0.2, -0.15) is 4.98 Å². The molecule has 162 valence electrons. The smallest absolute Gasteiger partial charge is 0.244 e. The largest absolute Gasteiger partial charge is 0.337 e. The summed E-state index contributed by atoms with van der Waals surface area (Å²) in [5.41, 5.74) is 2.78. The number of likely N-dealkylation sites (tertiary alicyclic amines) is 1. The van der Waals surface area contributed by atoms with Gasteiger partial charge >= 0.3 is 0 Å². The van der Waals surface area contributed by atoms with Crippen molar-refractivity contribution in [3.05, 3.63) is 72.8 Å². The molecule has 0 spiro atoms.